The second-order valence-corrected chi connectivity index (χ2v) is 5.33. The molecular weight excluding hydrogens is 283 g/mol. The molecule has 0 fully saturated rings. The van der Waals surface area contributed by atoms with Crippen LogP contribution in [0.25, 0.3) is 0 Å². The predicted octanol–water partition coefficient (Wildman–Crippen LogP) is 3.63. The van der Waals surface area contributed by atoms with Gasteiger partial charge in [-0.2, -0.15) is 5.26 Å². The predicted molar refractivity (Wildman–Crippen MR) is 74.4 cm³/mol. The fourth-order valence-corrected chi connectivity index (χ4v) is 2.37. The van der Waals surface area contributed by atoms with Crippen molar-refractivity contribution in [2.75, 3.05) is 0 Å². The molecule has 1 heterocycles. The van der Waals surface area contributed by atoms with Crippen LogP contribution in [-0.4, -0.2) is 15.0 Å². The van der Waals surface area contributed by atoms with Gasteiger partial charge >= 0.3 is 0 Å². The van der Waals surface area contributed by atoms with Crippen molar-refractivity contribution >= 4 is 23.2 Å². The molecule has 2 rings (SSSR count). The van der Waals surface area contributed by atoms with Gasteiger partial charge in [0.2, 0.25) is 0 Å². The van der Waals surface area contributed by atoms with Crippen molar-refractivity contribution in [2.45, 2.75) is 26.3 Å². The molecule has 0 radical (unpaired) electrons. The topological polar surface area (TPSA) is 54.5 Å². The smallest absolute Gasteiger partial charge is 0.186 e. The fourth-order valence-electron chi connectivity index (χ4n) is 1.90. The van der Waals surface area contributed by atoms with Crippen LogP contribution in [0.2, 0.25) is 10.0 Å². The molecule has 0 aliphatic heterocycles. The molecule has 0 unspecified atom stereocenters. The quantitative estimate of drug-likeness (QED) is 0.868. The zero-order chi connectivity index (χ0) is 14.0. The number of nitrogens with zero attached hydrogens (tertiary/aromatic N) is 4. The maximum atomic E-state index is 9.03. The summed E-state index contributed by atoms with van der Waals surface area (Å²) in [6, 6.07) is 7.38. The third kappa shape index (κ3) is 2.89. The molecule has 0 N–H and O–H groups in total. The molecule has 0 spiro atoms. The van der Waals surface area contributed by atoms with Crippen LogP contribution in [0.15, 0.2) is 18.2 Å². The zero-order valence-electron chi connectivity index (χ0n) is 10.6. The van der Waals surface area contributed by atoms with Gasteiger partial charge in [-0.15, -0.1) is 5.10 Å². The highest BCUT2D eigenvalue weighted by Crippen LogP contribution is 2.24. The Morgan fingerprint density at radius 3 is 2.68 bits per heavy atom. The minimum absolute atomic E-state index is 0.163. The first-order valence-electron chi connectivity index (χ1n) is 5.80. The Bertz CT molecular complexity index is 641. The van der Waals surface area contributed by atoms with Crippen molar-refractivity contribution < 1.29 is 0 Å². The van der Waals surface area contributed by atoms with E-state index in [2.05, 4.69) is 16.4 Å². The number of nitriles is 1. The summed E-state index contributed by atoms with van der Waals surface area (Å²) in [5.41, 5.74) is 2.07. The highest BCUT2D eigenvalue weighted by molar-refractivity contribution is 6.35. The molecule has 0 aliphatic rings. The van der Waals surface area contributed by atoms with Gasteiger partial charge in [-0.05, 0) is 23.6 Å². The van der Waals surface area contributed by atoms with Gasteiger partial charge in [-0.1, -0.05) is 48.3 Å². The van der Waals surface area contributed by atoms with E-state index < -0.39 is 0 Å². The average Bonchev–Trinajstić information content (AvgIpc) is 2.75. The van der Waals surface area contributed by atoms with E-state index in [1.807, 2.05) is 19.9 Å². The summed E-state index contributed by atoms with van der Waals surface area (Å²) in [7, 11) is 0. The normalized spacial score (nSPS) is 10.7. The highest BCUT2D eigenvalue weighted by atomic mass is 35.5. The van der Waals surface area contributed by atoms with Gasteiger partial charge in [0.1, 0.15) is 6.07 Å². The van der Waals surface area contributed by atoms with E-state index in [0.29, 0.717) is 22.3 Å². The summed E-state index contributed by atoms with van der Waals surface area (Å²) in [6.45, 7) is 4.47. The second kappa shape index (κ2) is 5.60. The maximum Gasteiger partial charge on any atom is 0.186 e. The molecular formula is C13H12Cl2N4. The van der Waals surface area contributed by atoms with Gasteiger partial charge in [-0.3, -0.25) is 0 Å². The molecule has 0 atom stereocenters. The lowest BCUT2D eigenvalue weighted by atomic mass is 10.1. The number of halogens is 2. The van der Waals surface area contributed by atoms with Gasteiger partial charge in [0.25, 0.3) is 0 Å². The lowest BCUT2D eigenvalue weighted by Crippen LogP contribution is -2.08. The third-order valence-electron chi connectivity index (χ3n) is 2.76. The number of hydrogen-bond donors (Lipinski definition) is 0. The average molecular weight is 295 g/mol. The third-order valence-corrected chi connectivity index (χ3v) is 3.35. The summed E-state index contributed by atoms with van der Waals surface area (Å²) >= 11 is 12.0. The van der Waals surface area contributed by atoms with Crippen LogP contribution in [0.1, 0.15) is 36.7 Å². The lowest BCUT2D eigenvalue weighted by Gasteiger charge is -2.10. The van der Waals surface area contributed by atoms with Crippen molar-refractivity contribution in [3.05, 3.63) is 45.2 Å². The standard InChI is InChI=1S/C13H12Cl2N4/c1-8(2)13-12(6-16)17-18-19(13)7-9-3-4-10(14)5-11(9)15/h3-5,8H,7H2,1-2H3. The Hall–Kier alpha value is -1.57. The number of hydrogen-bond acceptors (Lipinski definition) is 3. The Morgan fingerprint density at radius 2 is 2.11 bits per heavy atom. The van der Waals surface area contributed by atoms with E-state index in [1.165, 1.54) is 0 Å². The van der Waals surface area contributed by atoms with Crippen LogP contribution < -0.4 is 0 Å². The van der Waals surface area contributed by atoms with E-state index in [-0.39, 0.29) is 5.92 Å². The fraction of sp³-hybridized carbons (Fsp3) is 0.308. The molecule has 2 aromatic rings. The van der Waals surface area contributed by atoms with Crippen molar-refractivity contribution in [1.82, 2.24) is 15.0 Å². The maximum absolute atomic E-state index is 9.03. The van der Waals surface area contributed by atoms with Crippen LogP contribution >= 0.6 is 23.2 Å². The molecule has 19 heavy (non-hydrogen) atoms. The van der Waals surface area contributed by atoms with Crippen LogP contribution in [0.5, 0.6) is 0 Å². The van der Waals surface area contributed by atoms with Crippen LogP contribution in [0, 0.1) is 11.3 Å². The van der Waals surface area contributed by atoms with Gasteiger partial charge in [0, 0.05) is 10.0 Å². The summed E-state index contributed by atoms with van der Waals surface area (Å²) < 4.78 is 1.71. The number of aromatic nitrogens is 3. The summed E-state index contributed by atoms with van der Waals surface area (Å²) in [5.74, 6) is 0.163. The van der Waals surface area contributed by atoms with Crippen molar-refractivity contribution in [3.8, 4) is 6.07 Å². The van der Waals surface area contributed by atoms with E-state index in [1.54, 1.807) is 16.8 Å². The zero-order valence-corrected chi connectivity index (χ0v) is 12.1. The van der Waals surface area contributed by atoms with Crippen molar-refractivity contribution in [3.63, 3.8) is 0 Å². The summed E-state index contributed by atoms with van der Waals surface area (Å²) in [5, 5.41) is 18.1. The van der Waals surface area contributed by atoms with Gasteiger partial charge in [0.15, 0.2) is 5.69 Å². The van der Waals surface area contributed by atoms with Crippen LogP contribution in [0.4, 0.5) is 0 Å². The SMILES string of the molecule is CC(C)c1c(C#N)nnn1Cc1ccc(Cl)cc1Cl. The molecule has 4 nitrogen and oxygen atoms in total. The van der Waals surface area contributed by atoms with Gasteiger partial charge in [-0.25, -0.2) is 4.68 Å². The van der Waals surface area contributed by atoms with Gasteiger partial charge in [0.05, 0.1) is 12.2 Å². The molecule has 0 amide bonds. The first kappa shape index (κ1) is 13.9. The summed E-state index contributed by atoms with van der Waals surface area (Å²) in [6.07, 6.45) is 0. The minimum atomic E-state index is 0.163. The number of benzene rings is 1. The summed E-state index contributed by atoms with van der Waals surface area (Å²) in [4.78, 5) is 0. The molecule has 6 heteroatoms. The molecule has 1 aromatic carbocycles. The van der Waals surface area contributed by atoms with E-state index >= 15 is 0 Å². The Labute approximate surface area is 121 Å². The van der Waals surface area contributed by atoms with Crippen LogP contribution in [-0.2, 0) is 6.54 Å². The van der Waals surface area contributed by atoms with E-state index in [9.17, 15) is 0 Å². The van der Waals surface area contributed by atoms with E-state index in [0.717, 1.165) is 11.3 Å². The Balaban J connectivity index is 2.39. The molecule has 0 saturated carbocycles. The largest absolute Gasteiger partial charge is 0.243 e. The molecule has 98 valence electrons. The number of rotatable bonds is 3. The molecule has 0 bridgehead atoms. The lowest BCUT2D eigenvalue weighted by molar-refractivity contribution is 0.598. The molecule has 1 aromatic heterocycles. The second-order valence-electron chi connectivity index (χ2n) is 4.48. The molecule has 0 saturated heterocycles. The van der Waals surface area contributed by atoms with Crippen LogP contribution in [0.3, 0.4) is 0 Å². The van der Waals surface area contributed by atoms with Gasteiger partial charge < -0.3 is 0 Å². The van der Waals surface area contributed by atoms with Crippen molar-refractivity contribution in [1.29, 1.82) is 5.26 Å². The first-order chi connectivity index (χ1) is 9.02. The molecule has 0 aliphatic carbocycles. The monoisotopic (exact) mass is 294 g/mol. The first-order valence-corrected chi connectivity index (χ1v) is 6.56. The van der Waals surface area contributed by atoms with E-state index in [4.69, 9.17) is 28.5 Å². The Morgan fingerprint density at radius 1 is 1.37 bits per heavy atom. The highest BCUT2D eigenvalue weighted by Gasteiger charge is 2.16. The minimum Gasteiger partial charge on any atom is -0.243 e. The Kier molecular flexibility index (Phi) is 4.08. The van der Waals surface area contributed by atoms with Crippen molar-refractivity contribution in [2.24, 2.45) is 0 Å².